The summed E-state index contributed by atoms with van der Waals surface area (Å²) >= 11 is 1.41. The quantitative estimate of drug-likeness (QED) is 0.607. The Balaban J connectivity index is 1.76. The SMILES string of the molecule is CC(=O)c1ccc(OCC(=O)N(c2ccccc2)c2nc(C)cs2)cc1. The lowest BCUT2D eigenvalue weighted by molar-refractivity contribution is -0.119. The molecule has 132 valence electrons. The van der Waals surface area contributed by atoms with Crippen LogP contribution in [0.2, 0.25) is 0 Å². The lowest BCUT2D eigenvalue weighted by Crippen LogP contribution is -2.30. The number of carbonyl (C=O) groups is 2. The molecular formula is C20H18N2O3S. The summed E-state index contributed by atoms with van der Waals surface area (Å²) in [5.74, 6) is 0.301. The maximum atomic E-state index is 12.8. The second kappa shape index (κ2) is 7.93. The molecule has 0 aliphatic carbocycles. The number of hydrogen-bond donors (Lipinski definition) is 0. The van der Waals surface area contributed by atoms with Crippen molar-refractivity contribution in [3.8, 4) is 5.75 Å². The fourth-order valence-corrected chi connectivity index (χ4v) is 3.22. The molecule has 0 N–H and O–H groups in total. The first kappa shape index (κ1) is 17.8. The summed E-state index contributed by atoms with van der Waals surface area (Å²) in [5.41, 5.74) is 2.20. The van der Waals surface area contributed by atoms with Crippen molar-refractivity contribution in [2.75, 3.05) is 11.5 Å². The minimum absolute atomic E-state index is 0.0120. The van der Waals surface area contributed by atoms with Crippen LogP contribution in [0.4, 0.5) is 10.8 Å². The number of para-hydroxylation sites is 1. The highest BCUT2D eigenvalue weighted by atomic mass is 32.1. The van der Waals surface area contributed by atoms with Crippen molar-refractivity contribution in [1.29, 1.82) is 0 Å². The van der Waals surface area contributed by atoms with Gasteiger partial charge in [0, 0.05) is 10.9 Å². The van der Waals surface area contributed by atoms with E-state index in [9.17, 15) is 9.59 Å². The van der Waals surface area contributed by atoms with Crippen molar-refractivity contribution < 1.29 is 14.3 Å². The van der Waals surface area contributed by atoms with Crippen LogP contribution in [0, 0.1) is 6.92 Å². The van der Waals surface area contributed by atoms with Crippen LogP contribution >= 0.6 is 11.3 Å². The summed E-state index contributed by atoms with van der Waals surface area (Å²) in [6.07, 6.45) is 0. The van der Waals surface area contributed by atoms with Gasteiger partial charge in [-0.3, -0.25) is 14.5 Å². The van der Waals surface area contributed by atoms with E-state index < -0.39 is 0 Å². The molecule has 0 radical (unpaired) electrons. The fourth-order valence-electron chi connectivity index (χ4n) is 2.38. The summed E-state index contributed by atoms with van der Waals surface area (Å²) in [6, 6.07) is 16.1. The number of ketones is 1. The molecule has 1 aromatic heterocycles. The largest absolute Gasteiger partial charge is 0.484 e. The number of aromatic nitrogens is 1. The van der Waals surface area contributed by atoms with Gasteiger partial charge in [-0.2, -0.15) is 0 Å². The molecule has 2 aromatic carbocycles. The molecule has 0 saturated carbocycles. The molecule has 0 aliphatic heterocycles. The standard InChI is InChI=1S/C20H18N2O3S/c1-14-13-26-20(21-14)22(17-6-4-3-5-7-17)19(24)12-25-18-10-8-16(9-11-18)15(2)23/h3-11,13H,12H2,1-2H3. The molecule has 1 heterocycles. The number of ether oxygens (including phenoxy) is 1. The first-order valence-corrected chi connectivity index (χ1v) is 8.96. The lowest BCUT2D eigenvalue weighted by atomic mass is 10.1. The first-order chi connectivity index (χ1) is 12.5. The van der Waals surface area contributed by atoms with Crippen LogP contribution in [-0.4, -0.2) is 23.3 Å². The summed E-state index contributed by atoms with van der Waals surface area (Å²) < 4.78 is 5.61. The number of thiazole rings is 1. The summed E-state index contributed by atoms with van der Waals surface area (Å²) in [5, 5.41) is 2.51. The Bertz CT molecular complexity index is 904. The van der Waals surface area contributed by atoms with Gasteiger partial charge in [-0.1, -0.05) is 18.2 Å². The average Bonchev–Trinajstić information content (AvgIpc) is 3.07. The zero-order valence-corrected chi connectivity index (χ0v) is 15.3. The number of amides is 1. The van der Waals surface area contributed by atoms with Crippen LogP contribution in [0.3, 0.4) is 0 Å². The summed E-state index contributed by atoms with van der Waals surface area (Å²) in [4.78, 5) is 30.1. The van der Waals surface area contributed by atoms with Crippen LogP contribution in [0.15, 0.2) is 60.0 Å². The highest BCUT2D eigenvalue weighted by Gasteiger charge is 2.21. The third-order valence-corrected chi connectivity index (χ3v) is 4.63. The van der Waals surface area contributed by atoms with Crippen LogP contribution in [0.25, 0.3) is 0 Å². The van der Waals surface area contributed by atoms with Gasteiger partial charge in [0.1, 0.15) is 5.75 Å². The molecule has 0 saturated heterocycles. The Hall–Kier alpha value is -2.99. The van der Waals surface area contributed by atoms with Gasteiger partial charge in [0.15, 0.2) is 17.5 Å². The van der Waals surface area contributed by atoms with Crippen molar-refractivity contribution in [3.05, 3.63) is 71.2 Å². The predicted molar refractivity (Wildman–Crippen MR) is 102 cm³/mol. The molecule has 6 heteroatoms. The Kier molecular flexibility index (Phi) is 5.43. The molecule has 5 nitrogen and oxygen atoms in total. The molecule has 3 rings (SSSR count). The molecule has 0 unspecified atom stereocenters. The van der Waals surface area contributed by atoms with Gasteiger partial charge in [-0.15, -0.1) is 11.3 Å². The molecule has 26 heavy (non-hydrogen) atoms. The molecule has 0 bridgehead atoms. The normalized spacial score (nSPS) is 10.4. The topological polar surface area (TPSA) is 59.5 Å². The van der Waals surface area contributed by atoms with E-state index in [2.05, 4.69) is 4.98 Å². The van der Waals surface area contributed by atoms with E-state index in [0.717, 1.165) is 11.4 Å². The number of nitrogens with zero attached hydrogens (tertiary/aromatic N) is 2. The van der Waals surface area contributed by atoms with E-state index in [1.807, 2.05) is 42.6 Å². The third-order valence-electron chi connectivity index (χ3n) is 3.69. The first-order valence-electron chi connectivity index (χ1n) is 8.08. The van der Waals surface area contributed by atoms with Gasteiger partial charge >= 0.3 is 0 Å². The van der Waals surface area contributed by atoms with Gasteiger partial charge in [-0.05, 0) is 50.2 Å². The van der Waals surface area contributed by atoms with Gasteiger partial charge in [0.2, 0.25) is 0 Å². The second-order valence-electron chi connectivity index (χ2n) is 5.71. The van der Waals surface area contributed by atoms with Gasteiger partial charge in [-0.25, -0.2) is 4.98 Å². The Labute approximate surface area is 155 Å². The molecule has 0 aliphatic rings. The molecule has 0 spiro atoms. The maximum absolute atomic E-state index is 12.8. The molecule has 0 atom stereocenters. The molecule has 3 aromatic rings. The van der Waals surface area contributed by atoms with Crippen LogP contribution in [0.5, 0.6) is 5.75 Å². The van der Waals surface area contributed by atoms with Crippen molar-refractivity contribution in [3.63, 3.8) is 0 Å². The predicted octanol–water partition coefficient (Wildman–Crippen LogP) is 4.40. The Morgan fingerprint density at radius 2 is 1.77 bits per heavy atom. The van der Waals surface area contributed by atoms with Gasteiger partial charge in [0.25, 0.3) is 5.91 Å². The number of rotatable bonds is 6. The highest BCUT2D eigenvalue weighted by Crippen LogP contribution is 2.28. The third kappa shape index (κ3) is 4.15. The zero-order valence-electron chi connectivity index (χ0n) is 14.5. The van der Waals surface area contributed by atoms with E-state index >= 15 is 0 Å². The van der Waals surface area contributed by atoms with E-state index in [1.165, 1.54) is 18.3 Å². The van der Waals surface area contributed by atoms with E-state index in [-0.39, 0.29) is 18.3 Å². The molecule has 1 amide bonds. The van der Waals surface area contributed by atoms with Crippen molar-refractivity contribution in [1.82, 2.24) is 4.98 Å². The number of benzene rings is 2. The van der Waals surface area contributed by atoms with Crippen LogP contribution < -0.4 is 9.64 Å². The molecular weight excluding hydrogens is 348 g/mol. The number of aryl methyl sites for hydroxylation is 1. The van der Waals surface area contributed by atoms with E-state index in [1.54, 1.807) is 29.2 Å². The minimum atomic E-state index is -0.221. The van der Waals surface area contributed by atoms with Crippen molar-refractivity contribution in [2.24, 2.45) is 0 Å². The number of hydrogen-bond acceptors (Lipinski definition) is 5. The van der Waals surface area contributed by atoms with E-state index in [4.69, 9.17) is 4.74 Å². The number of anilines is 2. The summed E-state index contributed by atoms with van der Waals surface area (Å²) in [7, 11) is 0. The lowest BCUT2D eigenvalue weighted by Gasteiger charge is -2.20. The Morgan fingerprint density at radius 1 is 1.08 bits per heavy atom. The Morgan fingerprint density at radius 3 is 2.35 bits per heavy atom. The van der Waals surface area contributed by atoms with Crippen LogP contribution in [0.1, 0.15) is 23.0 Å². The van der Waals surface area contributed by atoms with Crippen molar-refractivity contribution in [2.45, 2.75) is 13.8 Å². The maximum Gasteiger partial charge on any atom is 0.271 e. The fraction of sp³-hybridized carbons (Fsp3) is 0.150. The van der Waals surface area contributed by atoms with Gasteiger partial charge in [0.05, 0.1) is 11.4 Å². The van der Waals surface area contributed by atoms with Crippen molar-refractivity contribution >= 4 is 33.8 Å². The van der Waals surface area contributed by atoms with Crippen LogP contribution in [-0.2, 0) is 4.79 Å². The highest BCUT2D eigenvalue weighted by molar-refractivity contribution is 7.14. The minimum Gasteiger partial charge on any atom is -0.484 e. The molecule has 0 fully saturated rings. The number of Topliss-reactive ketones (excluding diaryl/α,β-unsaturated/α-hetero) is 1. The zero-order chi connectivity index (χ0) is 18.5. The number of carbonyl (C=O) groups excluding carboxylic acids is 2. The smallest absolute Gasteiger partial charge is 0.271 e. The van der Waals surface area contributed by atoms with E-state index in [0.29, 0.717) is 16.4 Å². The summed E-state index contributed by atoms with van der Waals surface area (Å²) in [6.45, 7) is 3.26. The van der Waals surface area contributed by atoms with Gasteiger partial charge < -0.3 is 4.74 Å². The monoisotopic (exact) mass is 366 g/mol. The second-order valence-corrected chi connectivity index (χ2v) is 6.54. The average molecular weight is 366 g/mol.